The normalized spacial score (nSPS) is 19.8. The predicted molar refractivity (Wildman–Crippen MR) is 132 cm³/mol. The molecular formula is C27H35NO4S. The number of ether oxygens (including phenoxy) is 1. The van der Waals surface area contributed by atoms with Gasteiger partial charge in [0.25, 0.3) is 0 Å². The Hall–Kier alpha value is -2.18. The van der Waals surface area contributed by atoms with E-state index in [1.165, 1.54) is 21.6 Å². The quantitative estimate of drug-likeness (QED) is 0.348. The predicted octanol–water partition coefficient (Wildman–Crippen LogP) is 5.23. The third-order valence-electron chi connectivity index (χ3n) is 7.45. The minimum absolute atomic E-state index is 0.0293. The molecule has 1 aromatic carbocycles. The van der Waals surface area contributed by atoms with E-state index in [4.69, 9.17) is 9.84 Å². The Balaban J connectivity index is 1.32. The number of thiophene rings is 1. The van der Waals surface area contributed by atoms with Gasteiger partial charge in [-0.3, -0.25) is 9.59 Å². The van der Waals surface area contributed by atoms with Gasteiger partial charge >= 0.3 is 5.97 Å². The summed E-state index contributed by atoms with van der Waals surface area (Å²) in [5, 5.41) is 11.5. The van der Waals surface area contributed by atoms with Gasteiger partial charge in [-0.05, 0) is 91.6 Å². The van der Waals surface area contributed by atoms with Gasteiger partial charge in [-0.15, -0.1) is 11.3 Å². The number of carbonyl (C=O) groups is 2. The van der Waals surface area contributed by atoms with Gasteiger partial charge in [0.15, 0.2) is 5.78 Å². The van der Waals surface area contributed by atoms with E-state index in [0.717, 1.165) is 46.9 Å². The number of benzene rings is 1. The summed E-state index contributed by atoms with van der Waals surface area (Å²) in [5.74, 6) is 1.71. The highest BCUT2D eigenvalue weighted by Crippen LogP contribution is 2.71. The van der Waals surface area contributed by atoms with Crippen molar-refractivity contribution in [1.29, 1.82) is 0 Å². The highest BCUT2D eigenvalue weighted by molar-refractivity contribution is 7.14. The fourth-order valence-corrected chi connectivity index (χ4v) is 6.91. The van der Waals surface area contributed by atoms with Crippen LogP contribution in [-0.2, 0) is 17.6 Å². The number of hydrogen-bond acceptors (Lipinski definition) is 5. The molecule has 0 saturated heterocycles. The van der Waals surface area contributed by atoms with E-state index in [1.54, 1.807) is 11.3 Å². The molecular weight excluding hydrogens is 434 g/mol. The second kappa shape index (κ2) is 9.22. The van der Waals surface area contributed by atoms with Crippen molar-refractivity contribution >= 4 is 23.1 Å². The molecule has 178 valence electrons. The number of rotatable bonds is 11. The fraction of sp³-hybridized carbons (Fsp3) is 0.556. The number of hydrogen-bond donors (Lipinski definition) is 2. The molecule has 0 aliphatic heterocycles. The lowest BCUT2D eigenvalue weighted by Crippen LogP contribution is -2.24. The Morgan fingerprint density at radius 3 is 2.58 bits per heavy atom. The zero-order valence-electron chi connectivity index (χ0n) is 20.3. The molecule has 2 N–H and O–H groups in total. The smallest absolute Gasteiger partial charge is 0.317 e. The van der Waals surface area contributed by atoms with Crippen LogP contribution in [0.4, 0.5) is 0 Å². The Morgan fingerprint density at radius 2 is 1.91 bits per heavy atom. The van der Waals surface area contributed by atoms with Crippen molar-refractivity contribution in [2.45, 2.75) is 66.2 Å². The molecule has 5 nitrogen and oxygen atoms in total. The SMILES string of the molecule is Cc1cc(CCC(=O)c2sc(C)c3c2C[C@@H]2[C@H]3C2(C)C)cc(C)c1OCCCNCC(=O)O. The maximum atomic E-state index is 13.1. The van der Waals surface area contributed by atoms with Crippen molar-refractivity contribution in [2.24, 2.45) is 11.3 Å². The summed E-state index contributed by atoms with van der Waals surface area (Å²) in [6, 6.07) is 4.25. The number of aliphatic carboxylic acids is 1. The van der Waals surface area contributed by atoms with Gasteiger partial charge in [-0.25, -0.2) is 0 Å². The van der Waals surface area contributed by atoms with Crippen molar-refractivity contribution < 1.29 is 19.4 Å². The van der Waals surface area contributed by atoms with Crippen LogP contribution in [0.3, 0.4) is 0 Å². The van der Waals surface area contributed by atoms with Gasteiger partial charge in [-0.1, -0.05) is 26.0 Å². The van der Waals surface area contributed by atoms with Crippen molar-refractivity contribution in [3.63, 3.8) is 0 Å². The second-order valence-corrected chi connectivity index (χ2v) is 11.5. The van der Waals surface area contributed by atoms with Gasteiger partial charge < -0.3 is 15.2 Å². The van der Waals surface area contributed by atoms with Crippen LogP contribution >= 0.6 is 11.3 Å². The molecule has 0 amide bonds. The maximum absolute atomic E-state index is 13.1. The van der Waals surface area contributed by atoms with Crippen LogP contribution in [0.2, 0.25) is 0 Å². The fourth-order valence-electron chi connectivity index (χ4n) is 5.71. The standard InChI is InChI=1S/C27H35NO4S/c1-15-11-18(12-16(2)25(15)32-10-6-9-28-14-22(30)31)7-8-21(29)26-19-13-20-24(27(20,4)5)23(19)17(3)33-26/h11-12,20,24,28H,6-10,13-14H2,1-5H3,(H,30,31)/t20-,24-/m1/s1. The van der Waals surface area contributed by atoms with Crippen molar-refractivity contribution in [3.05, 3.63) is 49.7 Å². The van der Waals surface area contributed by atoms with Crippen LogP contribution in [0.15, 0.2) is 12.1 Å². The minimum atomic E-state index is -0.851. The summed E-state index contributed by atoms with van der Waals surface area (Å²) in [6.45, 7) is 12.1. The molecule has 2 aromatic rings. The van der Waals surface area contributed by atoms with Gasteiger partial charge in [0.2, 0.25) is 0 Å². The lowest BCUT2D eigenvalue weighted by Gasteiger charge is -2.14. The summed E-state index contributed by atoms with van der Waals surface area (Å²) < 4.78 is 5.96. The summed E-state index contributed by atoms with van der Waals surface area (Å²) >= 11 is 1.71. The summed E-state index contributed by atoms with van der Waals surface area (Å²) in [6.07, 6.45) is 3.10. The first kappa shape index (κ1) is 24.0. The Labute approximate surface area is 200 Å². The Bertz CT molecular complexity index is 1060. The average molecular weight is 470 g/mol. The molecule has 1 saturated carbocycles. The minimum Gasteiger partial charge on any atom is -0.493 e. The molecule has 0 unspecified atom stereocenters. The summed E-state index contributed by atoms with van der Waals surface area (Å²) in [4.78, 5) is 26.0. The maximum Gasteiger partial charge on any atom is 0.317 e. The van der Waals surface area contributed by atoms with E-state index in [-0.39, 0.29) is 12.3 Å². The average Bonchev–Trinajstić information content (AvgIpc) is 3.06. The third kappa shape index (κ3) is 4.73. The Kier molecular flexibility index (Phi) is 6.70. The molecule has 0 bridgehead atoms. The molecule has 4 rings (SSSR count). The molecule has 2 aliphatic rings. The molecule has 33 heavy (non-hydrogen) atoms. The molecule has 6 heteroatoms. The monoisotopic (exact) mass is 469 g/mol. The number of carboxylic acid groups (broad SMARTS) is 1. The number of nitrogens with one attached hydrogen (secondary N) is 1. The molecule has 1 fully saturated rings. The topological polar surface area (TPSA) is 75.6 Å². The number of Topliss-reactive ketones (excluding diaryl/α,β-unsaturated/α-hetero) is 1. The first-order valence-corrected chi connectivity index (χ1v) is 12.7. The highest BCUT2D eigenvalue weighted by Gasteiger charge is 2.63. The van der Waals surface area contributed by atoms with E-state index >= 15 is 0 Å². The van der Waals surface area contributed by atoms with Gasteiger partial charge in [-0.2, -0.15) is 0 Å². The third-order valence-corrected chi connectivity index (χ3v) is 8.66. The highest BCUT2D eigenvalue weighted by atomic mass is 32.1. The van der Waals surface area contributed by atoms with Gasteiger partial charge in [0.05, 0.1) is 18.0 Å². The largest absolute Gasteiger partial charge is 0.493 e. The van der Waals surface area contributed by atoms with Crippen LogP contribution in [0.5, 0.6) is 5.75 Å². The van der Waals surface area contributed by atoms with Crippen LogP contribution in [0, 0.1) is 32.1 Å². The number of aryl methyl sites for hydroxylation is 4. The van der Waals surface area contributed by atoms with Crippen molar-refractivity contribution in [2.75, 3.05) is 19.7 Å². The Morgan fingerprint density at radius 1 is 1.21 bits per heavy atom. The van der Waals surface area contributed by atoms with E-state index in [9.17, 15) is 9.59 Å². The van der Waals surface area contributed by atoms with Crippen LogP contribution in [0.1, 0.15) is 75.0 Å². The van der Waals surface area contributed by atoms with Crippen LogP contribution < -0.4 is 10.1 Å². The molecule has 1 heterocycles. The summed E-state index contributed by atoms with van der Waals surface area (Å²) in [7, 11) is 0. The lowest BCUT2D eigenvalue weighted by atomic mass is 9.93. The van der Waals surface area contributed by atoms with Crippen LogP contribution in [0.25, 0.3) is 0 Å². The molecule has 2 atom stereocenters. The van der Waals surface area contributed by atoms with E-state index < -0.39 is 5.97 Å². The lowest BCUT2D eigenvalue weighted by molar-refractivity contribution is -0.135. The molecule has 0 radical (unpaired) electrons. The number of carboxylic acids is 1. The van der Waals surface area contributed by atoms with Gasteiger partial charge in [0, 0.05) is 11.3 Å². The molecule has 1 aromatic heterocycles. The van der Waals surface area contributed by atoms with E-state index in [1.807, 2.05) is 13.8 Å². The van der Waals surface area contributed by atoms with Crippen molar-refractivity contribution in [3.8, 4) is 5.75 Å². The van der Waals surface area contributed by atoms with E-state index in [2.05, 4.69) is 38.2 Å². The van der Waals surface area contributed by atoms with Crippen molar-refractivity contribution in [1.82, 2.24) is 5.32 Å². The first-order chi connectivity index (χ1) is 15.6. The second-order valence-electron chi connectivity index (χ2n) is 10.2. The molecule has 0 spiro atoms. The molecule has 2 aliphatic carbocycles. The van der Waals surface area contributed by atoms with Crippen LogP contribution in [-0.4, -0.2) is 36.6 Å². The number of fused-ring (bicyclic) bond motifs is 3. The summed E-state index contributed by atoms with van der Waals surface area (Å²) in [5.41, 5.74) is 6.57. The van der Waals surface area contributed by atoms with E-state index in [0.29, 0.717) is 30.9 Å². The van der Waals surface area contributed by atoms with Gasteiger partial charge in [0.1, 0.15) is 5.75 Å². The first-order valence-electron chi connectivity index (χ1n) is 11.9. The number of carbonyl (C=O) groups excluding carboxylic acids is 1. The zero-order chi connectivity index (χ0) is 23.9. The number of ketones is 1. The zero-order valence-corrected chi connectivity index (χ0v) is 21.2.